The van der Waals surface area contributed by atoms with Crippen molar-refractivity contribution in [1.29, 1.82) is 0 Å². The average Bonchev–Trinajstić information content (AvgIpc) is 2.28. The maximum atomic E-state index is 6.06. The Balaban J connectivity index is 3.18. The number of ether oxygens (including phenoxy) is 3. The molecule has 4 nitrogen and oxygen atoms in total. The van der Waals surface area contributed by atoms with Crippen LogP contribution in [-0.4, -0.2) is 26.4 Å². The van der Waals surface area contributed by atoms with Crippen LogP contribution in [0.2, 0.25) is 0 Å². The van der Waals surface area contributed by atoms with Crippen LogP contribution in [0.5, 0.6) is 17.2 Å². The first kappa shape index (κ1) is 14.6. The van der Waals surface area contributed by atoms with Gasteiger partial charge in [0, 0.05) is 11.6 Å². The van der Waals surface area contributed by atoms with Crippen LogP contribution in [0.3, 0.4) is 0 Å². The number of nitrogens with two attached hydrogens (primary N) is 1. The highest BCUT2D eigenvalue weighted by Gasteiger charge is 2.18. The van der Waals surface area contributed by atoms with E-state index in [9.17, 15) is 0 Å². The third-order valence-electron chi connectivity index (χ3n) is 2.51. The first-order chi connectivity index (χ1) is 8.41. The fraction of sp³-hybridized carbons (Fsp3) is 0.571. The van der Waals surface area contributed by atoms with Gasteiger partial charge in [-0.1, -0.05) is 0 Å². The van der Waals surface area contributed by atoms with Gasteiger partial charge in [0.25, 0.3) is 0 Å². The van der Waals surface area contributed by atoms with Crippen LogP contribution in [0, 0.1) is 0 Å². The molecule has 0 amide bonds. The molecule has 2 N–H and O–H groups in total. The minimum absolute atomic E-state index is 0.300. The fourth-order valence-electron chi connectivity index (χ4n) is 1.83. The Kier molecular flexibility index (Phi) is 4.84. The van der Waals surface area contributed by atoms with E-state index in [0.717, 1.165) is 17.1 Å². The van der Waals surface area contributed by atoms with Crippen LogP contribution in [0.15, 0.2) is 12.1 Å². The van der Waals surface area contributed by atoms with E-state index < -0.39 is 0 Å². The van der Waals surface area contributed by atoms with Gasteiger partial charge in [-0.3, -0.25) is 0 Å². The average molecular weight is 253 g/mol. The molecule has 0 aliphatic carbocycles. The van der Waals surface area contributed by atoms with Crippen molar-refractivity contribution in [2.75, 3.05) is 20.8 Å². The second-order valence-electron chi connectivity index (χ2n) is 4.91. The summed E-state index contributed by atoms with van der Waals surface area (Å²) in [6, 6.07) is 3.78. The molecule has 0 unspecified atom stereocenters. The van der Waals surface area contributed by atoms with Crippen molar-refractivity contribution in [1.82, 2.24) is 0 Å². The Hall–Kier alpha value is -1.42. The second-order valence-corrected chi connectivity index (χ2v) is 4.91. The van der Waals surface area contributed by atoms with Crippen LogP contribution in [-0.2, 0) is 6.42 Å². The predicted molar refractivity (Wildman–Crippen MR) is 72.7 cm³/mol. The van der Waals surface area contributed by atoms with E-state index in [1.807, 2.05) is 32.9 Å². The molecule has 0 saturated heterocycles. The molecular formula is C14H23NO3. The van der Waals surface area contributed by atoms with Crippen molar-refractivity contribution in [3.05, 3.63) is 17.7 Å². The van der Waals surface area contributed by atoms with E-state index in [2.05, 4.69) is 0 Å². The zero-order valence-corrected chi connectivity index (χ0v) is 11.9. The monoisotopic (exact) mass is 253 g/mol. The fourth-order valence-corrected chi connectivity index (χ4v) is 1.83. The van der Waals surface area contributed by atoms with Gasteiger partial charge in [-0.25, -0.2) is 0 Å². The molecular weight excluding hydrogens is 230 g/mol. The molecule has 0 bridgehead atoms. The molecule has 0 aromatic heterocycles. The molecule has 0 aliphatic rings. The molecule has 0 fully saturated rings. The highest BCUT2D eigenvalue weighted by atomic mass is 16.5. The summed E-state index contributed by atoms with van der Waals surface area (Å²) >= 11 is 0. The molecule has 102 valence electrons. The SMILES string of the molecule is CCOc1cc(CC(C)(C)N)c(OC)cc1OC. The van der Waals surface area contributed by atoms with Crippen molar-refractivity contribution < 1.29 is 14.2 Å². The Bertz CT molecular complexity index is 397. The topological polar surface area (TPSA) is 53.7 Å². The lowest BCUT2D eigenvalue weighted by Gasteiger charge is -2.21. The Morgan fingerprint density at radius 1 is 1.06 bits per heavy atom. The van der Waals surface area contributed by atoms with Gasteiger partial charge >= 0.3 is 0 Å². The van der Waals surface area contributed by atoms with Crippen LogP contribution in [0.1, 0.15) is 26.3 Å². The summed E-state index contributed by atoms with van der Waals surface area (Å²) in [4.78, 5) is 0. The first-order valence-electron chi connectivity index (χ1n) is 6.08. The Morgan fingerprint density at radius 3 is 2.11 bits per heavy atom. The lowest BCUT2D eigenvalue weighted by Crippen LogP contribution is -2.34. The van der Waals surface area contributed by atoms with Gasteiger partial charge in [-0.15, -0.1) is 0 Å². The lowest BCUT2D eigenvalue weighted by molar-refractivity contribution is 0.307. The zero-order valence-electron chi connectivity index (χ0n) is 11.9. The van der Waals surface area contributed by atoms with Crippen molar-refractivity contribution >= 4 is 0 Å². The van der Waals surface area contributed by atoms with Crippen molar-refractivity contribution in [3.8, 4) is 17.2 Å². The molecule has 4 heteroatoms. The maximum absolute atomic E-state index is 6.06. The summed E-state index contributed by atoms with van der Waals surface area (Å²) in [6.45, 7) is 6.50. The minimum atomic E-state index is -0.300. The molecule has 1 aromatic carbocycles. The van der Waals surface area contributed by atoms with E-state index >= 15 is 0 Å². The zero-order chi connectivity index (χ0) is 13.8. The normalized spacial score (nSPS) is 11.2. The summed E-state index contributed by atoms with van der Waals surface area (Å²) in [7, 11) is 3.26. The summed E-state index contributed by atoms with van der Waals surface area (Å²) < 4.78 is 16.2. The molecule has 1 rings (SSSR count). The predicted octanol–water partition coefficient (Wildman–Crippen LogP) is 2.38. The van der Waals surface area contributed by atoms with Gasteiger partial charge in [0.1, 0.15) is 5.75 Å². The number of hydrogen-bond acceptors (Lipinski definition) is 4. The largest absolute Gasteiger partial charge is 0.496 e. The standard InChI is InChI=1S/C14H23NO3/c1-6-18-13-7-10(9-14(2,3)15)11(16-4)8-12(13)17-5/h7-8H,6,9,15H2,1-5H3. The second kappa shape index (κ2) is 5.96. The van der Waals surface area contributed by atoms with Crippen LogP contribution >= 0.6 is 0 Å². The van der Waals surface area contributed by atoms with E-state index in [1.54, 1.807) is 14.2 Å². The molecule has 1 aromatic rings. The highest BCUT2D eigenvalue weighted by molar-refractivity contribution is 5.51. The van der Waals surface area contributed by atoms with Gasteiger partial charge in [-0.2, -0.15) is 0 Å². The van der Waals surface area contributed by atoms with Crippen LogP contribution in [0.4, 0.5) is 0 Å². The van der Waals surface area contributed by atoms with E-state index in [-0.39, 0.29) is 5.54 Å². The quantitative estimate of drug-likeness (QED) is 0.845. The van der Waals surface area contributed by atoms with E-state index in [1.165, 1.54) is 0 Å². The maximum Gasteiger partial charge on any atom is 0.164 e. The van der Waals surface area contributed by atoms with Gasteiger partial charge < -0.3 is 19.9 Å². The van der Waals surface area contributed by atoms with Crippen molar-refractivity contribution in [2.24, 2.45) is 5.73 Å². The number of rotatable bonds is 6. The van der Waals surface area contributed by atoms with E-state index in [4.69, 9.17) is 19.9 Å². The minimum Gasteiger partial charge on any atom is -0.496 e. The third kappa shape index (κ3) is 3.81. The van der Waals surface area contributed by atoms with Crippen LogP contribution in [0.25, 0.3) is 0 Å². The molecule has 0 saturated carbocycles. The number of hydrogen-bond donors (Lipinski definition) is 1. The molecule has 18 heavy (non-hydrogen) atoms. The number of benzene rings is 1. The van der Waals surface area contributed by atoms with Gasteiger partial charge in [0.15, 0.2) is 11.5 Å². The smallest absolute Gasteiger partial charge is 0.164 e. The number of methoxy groups -OCH3 is 2. The summed E-state index contributed by atoms with van der Waals surface area (Å²) in [6.07, 6.45) is 0.709. The van der Waals surface area contributed by atoms with E-state index in [0.29, 0.717) is 18.8 Å². The first-order valence-corrected chi connectivity index (χ1v) is 6.08. The molecule has 0 radical (unpaired) electrons. The van der Waals surface area contributed by atoms with Gasteiger partial charge in [-0.05, 0) is 38.8 Å². The lowest BCUT2D eigenvalue weighted by atomic mass is 9.95. The van der Waals surface area contributed by atoms with Crippen molar-refractivity contribution in [3.63, 3.8) is 0 Å². The Labute approximate surface area is 109 Å². The summed E-state index contributed by atoms with van der Waals surface area (Å²) in [5.74, 6) is 2.17. The molecule has 0 heterocycles. The molecule has 0 aliphatic heterocycles. The van der Waals surface area contributed by atoms with Gasteiger partial charge in [0.05, 0.1) is 20.8 Å². The third-order valence-corrected chi connectivity index (χ3v) is 2.51. The summed E-state index contributed by atoms with van der Waals surface area (Å²) in [5.41, 5.74) is 6.78. The van der Waals surface area contributed by atoms with Crippen LogP contribution < -0.4 is 19.9 Å². The molecule has 0 spiro atoms. The Morgan fingerprint density at radius 2 is 1.67 bits per heavy atom. The van der Waals surface area contributed by atoms with Crippen molar-refractivity contribution in [2.45, 2.75) is 32.7 Å². The highest BCUT2D eigenvalue weighted by Crippen LogP contribution is 2.36. The van der Waals surface area contributed by atoms with Gasteiger partial charge in [0.2, 0.25) is 0 Å². The molecule has 0 atom stereocenters. The summed E-state index contributed by atoms with van der Waals surface area (Å²) in [5, 5.41) is 0.